The Balaban J connectivity index is 1.94. The van der Waals surface area contributed by atoms with Gasteiger partial charge in [-0.15, -0.1) is 0 Å². The Bertz CT molecular complexity index is 1090. The lowest BCUT2D eigenvalue weighted by molar-refractivity contribution is -0.138. The lowest BCUT2D eigenvalue weighted by Gasteiger charge is -2.33. The van der Waals surface area contributed by atoms with Gasteiger partial charge in [0.2, 0.25) is 5.60 Å². The third-order valence-electron chi connectivity index (χ3n) is 5.31. The summed E-state index contributed by atoms with van der Waals surface area (Å²) in [6, 6.07) is 11.5. The van der Waals surface area contributed by atoms with Gasteiger partial charge in [0.15, 0.2) is 0 Å². The van der Waals surface area contributed by atoms with Crippen molar-refractivity contribution >= 4 is 11.6 Å². The van der Waals surface area contributed by atoms with Gasteiger partial charge in [0.05, 0.1) is 17.2 Å². The normalized spacial score (nSPS) is 16.2. The van der Waals surface area contributed by atoms with Crippen molar-refractivity contribution in [1.29, 1.82) is 5.26 Å². The maximum absolute atomic E-state index is 13.3. The molecule has 0 aromatic heterocycles. The Kier molecular flexibility index (Phi) is 6.88. The Morgan fingerprint density at radius 3 is 2.41 bits per heavy atom. The molecule has 8 heteroatoms. The smallest absolute Gasteiger partial charge is 0.381 e. The molecule has 1 atom stereocenters. The largest absolute Gasteiger partial charge is 0.417 e. The van der Waals surface area contributed by atoms with Gasteiger partial charge in [0.25, 0.3) is 5.91 Å². The van der Waals surface area contributed by atoms with Crippen molar-refractivity contribution in [2.75, 3.05) is 18.5 Å². The Morgan fingerprint density at radius 2 is 1.81 bits per heavy atom. The maximum Gasteiger partial charge on any atom is 0.417 e. The zero-order valence-corrected chi connectivity index (χ0v) is 17.3. The van der Waals surface area contributed by atoms with Crippen LogP contribution in [0.4, 0.5) is 18.9 Å². The fourth-order valence-corrected chi connectivity index (χ4v) is 3.44. The number of alkyl halides is 3. The Morgan fingerprint density at radius 1 is 1.16 bits per heavy atom. The third kappa shape index (κ3) is 5.28. The quantitative estimate of drug-likeness (QED) is 0.704. The summed E-state index contributed by atoms with van der Waals surface area (Å²) in [7, 11) is 0. The molecule has 0 aliphatic carbocycles. The molecule has 2 N–H and O–H groups in total. The van der Waals surface area contributed by atoms with Crippen LogP contribution in [0, 0.1) is 36.0 Å². The van der Waals surface area contributed by atoms with Crippen LogP contribution in [0.25, 0.3) is 0 Å². The molecule has 1 aliphatic heterocycles. The van der Waals surface area contributed by atoms with E-state index in [4.69, 9.17) is 10.00 Å². The first-order valence-electron chi connectivity index (χ1n) is 9.96. The number of halogens is 3. The molecule has 0 bridgehead atoms. The summed E-state index contributed by atoms with van der Waals surface area (Å²) < 4.78 is 45.1. The van der Waals surface area contributed by atoms with Gasteiger partial charge >= 0.3 is 6.18 Å². The van der Waals surface area contributed by atoms with Crippen LogP contribution in [-0.2, 0) is 15.7 Å². The van der Waals surface area contributed by atoms with E-state index < -0.39 is 34.7 Å². The number of aliphatic hydroxyl groups is 1. The van der Waals surface area contributed by atoms with Gasteiger partial charge in [-0.3, -0.25) is 4.79 Å². The SMILES string of the molecule is Cc1ccc(C#CC(O)(C(=O)Nc2ccc(C#N)c(C(F)(F)F)c2)C2CCOCC2)cc1. The highest BCUT2D eigenvalue weighted by atomic mass is 19.4. The number of rotatable bonds is 3. The number of carbonyl (C=O) groups excluding carboxylic acids is 1. The van der Waals surface area contributed by atoms with E-state index in [0.717, 1.165) is 11.6 Å². The lowest BCUT2D eigenvalue weighted by Crippen LogP contribution is -2.50. The first-order valence-corrected chi connectivity index (χ1v) is 9.96. The summed E-state index contributed by atoms with van der Waals surface area (Å²) in [4.78, 5) is 13.1. The third-order valence-corrected chi connectivity index (χ3v) is 5.31. The summed E-state index contributed by atoms with van der Waals surface area (Å²) in [5.74, 6) is 3.97. The number of nitrogens with zero attached hydrogens (tertiary/aromatic N) is 1. The average molecular weight is 442 g/mol. The van der Waals surface area contributed by atoms with E-state index >= 15 is 0 Å². The molecule has 1 fully saturated rings. The number of ether oxygens (including phenoxy) is 1. The second-order valence-corrected chi connectivity index (χ2v) is 7.59. The molecule has 5 nitrogen and oxygen atoms in total. The van der Waals surface area contributed by atoms with Crippen molar-refractivity contribution in [2.24, 2.45) is 5.92 Å². The van der Waals surface area contributed by atoms with Gasteiger partial charge in [-0.25, -0.2) is 0 Å². The van der Waals surface area contributed by atoms with Crippen LogP contribution in [0.2, 0.25) is 0 Å². The van der Waals surface area contributed by atoms with Crippen LogP contribution >= 0.6 is 0 Å². The molecule has 2 aromatic carbocycles. The number of anilines is 1. The highest BCUT2D eigenvalue weighted by Gasteiger charge is 2.43. The molecule has 1 saturated heterocycles. The number of benzene rings is 2. The van der Waals surface area contributed by atoms with Gasteiger partial charge in [-0.1, -0.05) is 29.5 Å². The van der Waals surface area contributed by atoms with Crippen LogP contribution in [0.15, 0.2) is 42.5 Å². The van der Waals surface area contributed by atoms with Crippen molar-refractivity contribution in [3.8, 4) is 17.9 Å². The number of amides is 1. The predicted octanol–water partition coefficient (Wildman–Crippen LogP) is 4.03. The fraction of sp³-hybridized carbons (Fsp3) is 0.333. The van der Waals surface area contributed by atoms with Crippen LogP contribution in [0.1, 0.15) is 35.1 Å². The van der Waals surface area contributed by atoms with Crippen molar-refractivity contribution in [3.63, 3.8) is 0 Å². The van der Waals surface area contributed by atoms with Crippen molar-refractivity contribution in [2.45, 2.75) is 31.5 Å². The van der Waals surface area contributed by atoms with Gasteiger partial charge in [-0.05, 0) is 50.1 Å². The highest BCUT2D eigenvalue weighted by molar-refractivity contribution is 6.00. The number of aryl methyl sites for hydroxylation is 1. The molecule has 1 amide bonds. The lowest BCUT2D eigenvalue weighted by atomic mass is 9.81. The molecule has 3 rings (SSSR count). The van der Waals surface area contributed by atoms with E-state index in [0.29, 0.717) is 37.7 Å². The van der Waals surface area contributed by atoms with Crippen molar-refractivity contribution in [3.05, 3.63) is 64.7 Å². The van der Waals surface area contributed by atoms with E-state index in [1.54, 1.807) is 12.1 Å². The van der Waals surface area contributed by atoms with Crippen LogP contribution in [0.5, 0.6) is 0 Å². The number of hydrogen-bond acceptors (Lipinski definition) is 4. The molecular formula is C24H21F3N2O3. The number of nitriles is 1. The zero-order chi connectivity index (χ0) is 23.4. The molecular weight excluding hydrogens is 421 g/mol. The average Bonchev–Trinajstić information content (AvgIpc) is 2.78. The van der Waals surface area contributed by atoms with Gasteiger partial charge in [0, 0.05) is 30.4 Å². The number of hydrogen-bond donors (Lipinski definition) is 2. The zero-order valence-electron chi connectivity index (χ0n) is 17.3. The summed E-state index contributed by atoms with van der Waals surface area (Å²) in [6.07, 6.45) is -4.03. The van der Waals surface area contributed by atoms with E-state index in [1.165, 1.54) is 12.1 Å². The minimum atomic E-state index is -4.77. The molecule has 2 aromatic rings. The molecule has 0 radical (unpaired) electrons. The van der Waals surface area contributed by atoms with Gasteiger partial charge in [-0.2, -0.15) is 18.4 Å². The topological polar surface area (TPSA) is 82.4 Å². The number of nitrogens with one attached hydrogen (secondary N) is 1. The molecule has 0 spiro atoms. The summed E-state index contributed by atoms with van der Waals surface area (Å²) >= 11 is 0. The highest BCUT2D eigenvalue weighted by Crippen LogP contribution is 2.34. The minimum absolute atomic E-state index is 0.191. The molecule has 1 unspecified atom stereocenters. The molecule has 166 valence electrons. The Labute approximate surface area is 183 Å². The van der Waals surface area contributed by atoms with Gasteiger partial charge < -0.3 is 15.2 Å². The predicted molar refractivity (Wildman–Crippen MR) is 111 cm³/mol. The van der Waals surface area contributed by atoms with Crippen molar-refractivity contribution in [1.82, 2.24) is 0 Å². The minimum Gasteiger partial charge on any atom is -0.381 e. The summed E-state index contributed by atoms with van der Waals surface area (Å²) in [6.45, 7) is 2.58. The first-order chi connectivity index (χ1) is 15.1. The Hall–Kier alpha value is -3.33. The summed E-state index contributed by atoms with van der Waals surface area (Å²) in [5.41, 5.74) is -2.45. The van der Waals surface area contributed by atoms with E-state index in [1.807, 2.05) is 19.1 Å². The van der Waals surface area contributed by atoms with Crippen LogP contribution in [0.3, 0.4) is 0 Å². The van der Waals surface area contributed by atoms with E-state index in [-0.39, 0.29) is 5.69 Å². The summed E-state index contributed by atoms with van der Waals surface area (Å²) in [5, 5.41) is 22.6. The maximum atomic E-state index is 13.3. The number of carbonyl (C=O) groups is 1. The monoisotopic (exact) mass is 442 g/mol. The first kappa shape index (κ1) is 23.3. The molecule has 0 saturated carbocycles. The van der Waals surface area contributed by atoms with E-state index in [9.17, 15) is 23.1 Å². The van der Waals surface area contributed by atoms with Crippen LogP contribution < -0.4 is 5.32 Å². The fourth-order valence-electron chi connectivity index (χ4n) is 3.44. The van der Waals surface area contributed by atoms with Crippen LogP contribution in [-0.4, -0.2) is 29.8 Å². The van der Waals surface area contributed by atoms with E-state index in [2.05, 4.69) is 17.2 Å². The molecule has 1 heterocycles. The van der Waals surface area contributed by atoms with Gasteiger partial charge in [0.1, 0.15) is 0 Å². The molecule has 1 aliphatic rings. The molecule has 32 heavy (non-hydrogen) atoms. The standard InChI is InChI=1S/C24H21F3N2O3/c1-16-2-4-17(5-3-16)8-11-23(31,19-9-12-32-13-10-19)22(30)29-20-7-6-18(15-28)21(14-20)24(25,26)27/h2-7,14,19,31H,9-10,12-13H2,1H3,(H,29,30). The second kappa shape index (κ2) is 9.44. The van der Waals surface area contributed by atoms with Crippen molar-refractivity contribution < 1.29 is 27.8 Å². The second-order valence-electron chi connectivity index (χ2n) is 7.59.